The third kappa shape index (κ3) is 5.85. The number of nitrogens with one attached hydrogen (secondary N) is 2. The van der Waals surface area contributed by atoms with Crippen molar-refractivity contribution < 1.29 is 24.6 Å². The number of halogens is 4. The lowest BCUT2D eigenvalue weighted by Crippen LogP contribution is -2.35. The average molecular weight is 706 g/mol. The molecule has 0 saturated heterocycles. The second-order valence-electron chi connectivity index (χ2n) is 4.79. The fourth-order valence-corrected chi connectivity index (χ4v) is 6.66. The second kappa shape index (κ2) is 10.5. The van der Waals surface area contributed by atoms with Gasteiger partial charge in [-0.15, -0.1) is 0 Å². The molecule has 1 rings (SSSR count). The normalized spacial score (nSPS) is 11.8. The maximum absolute atomic E-state index is 12.5. The first kappa shape index (κ1) is 23.3. The van der Waals surface area contributed by atoms with Gasteiger partial charge in [0.25, 0.3) is 11.1 Å². The number of hydrogen-bond acceptors (Lipinski definition) is 5. The van der Waals surface area contributed by atoms with E-state index in [4.69, 9.17) is 16.7 Å². The molecule has 0 heterocycles. The Morgan fingerprint density at radius 3 is 2.16 bits per heavy atom. The van der Waals surface area contributed by atoms with Gasteiger partial charge in [0.2, 0.25) is 5.91 Å². The van der Waals surface area contributed by atoms with E-state index in [0.717, 1.165) is 0 Å². The Morgan fingerprint density at radius 2 is 1.68 bits per heavy atom. The van der Waals surface area contributed by atoms with E-state index in [0.29, 0.717) is 16.4 Å². The molecule has 1 aromatic rings. The molecule has 0 bridgehead atoms. The molecule has 1 unspecified atom stereocenters. The van der Waals surface area contributed by atoms with Crippen molar-refractivity contribution in [3.8, 4) is 0 Å². The Kier molecular flexibility index (Phi) is 9.81. The molecular formula is C14H14ClI3N2O5. The SMILES string of the molecule is CCC(=O)Nc1c(I)c(C(=O)Cl)c(I)c(C(=O)NCC(O)CO)c1I. The third-order valence-electron chi connectivity index (χ3n) is 3.04. The zero-order valence-corrected chi connectivity index (χ0v) is 20.1. The van der Waals surface area contributed by atoms with E-state index < -0.39 is 23.9 Å². The highest BCUT2D eigenvalue weighted by atomic mass is 127. The summed E-state index contributed by atoms with van der Waals surface area (Å²) >= 11 is 11.3. The zero-order chi connectivity index (χ0) is 19.3. The van der Waals surface area contributed by atoms with Crippen LogP contribution in [-0.4, -0.2) is 46.5 Å². The van der Waals surface area contributed by atoms with Gasteiger partial charge in [0.15, 0.2) is 0 Å². The molecule has 0 radical (unpaired) electrons. The van der Waals surface area contributed by atoms with Crippen LogP contribution in [0.15, 0.2) is 0 Å². The first-order valence-corrected chi connectivity index (χ1v) is 10.5. The summed E-state index contributed by atoms with van der Waals surface area (Å²) in [5.74, 6) is -0.823. The van der Waals surface area contributed by atoms with Gasteiger partial charge in [-0.1, -0.05) is 6.92 Å². The van der Waals surface area contributed by atoms with Crippen LogP contribution in [-0.2, 0) is 4.79 Å². The number of amides is 2. The van der Waals surface area contributed by atoms with E-state index in [2.05, 4.69) is 10.6 Å². The molecule has 0 aliphatic carbocycles. The number of aliphatic hydroxyl groups excluding tert-OH is 2. The van der Waals surface area contributed by atoms with Gasteiger partial charge >= 0.3 is 0 Å². The first-order chi connectivity index (χ1) is 11.6. The number of carbonyl (C=O) groups excluding carboxylic acids is 3. The number of aliphatic hydroxyl groups is 2. The minimum atomic E-state index is -1.10. The fourth-order valence-electron chi connectivity index (χ4n) is 1.74. The Balaban J connectivity index is 3.47. The van der Waals surface area contributed by atoms with Crippen molar-refractivity contribution in [3.63, 3.8) is 0 Å². The Morgan fingerprint density at radius 1 is 1.12 bits per heavy atom. The van der Waals surface area contributed by atoms with E-state index >= 15 is 0 Å². The molecule has 4 N–H and O–H groups in total. The summed E-state index contributed by atoms with van der Waals surface area (Å²) < 4.78 is 1.24. The molecule has 1 aromatic carbocycles. The highest BCUT2D eigenvalue weighted by molar-refractivity contribution is 14.1. The molecule has 0 saturated carbocycles. The first-order valence-electron chi connectivity index (χ1n) is 6.92. The number of hydrogen-bond donors (Lipinski definition) is 4. The van der Waals surface area contributed by atoms with Crippen LogP contribution in [0, 0.1) is 10.7 Å². The molecule has 1 atom stereocenters. The number of carbonyl (C=O) groups is 3. The predicted molar refractivity (Wildman–Crippen MR) is 119 cm³/mol. The van der Waals surface area contributed by atoms with Crippen molar-refractivity contribution in [3.05, 3.63) is 21.8 Å². The Hall–Kier alpha value is 0.230. The van der Waals surface area contributed by atoms with Gasteiger partial charge in [-0.2, -0.15) is 0 Å². The zero-order valence-electron chi connectivity index (χ0n) is 12.8. The summed E-state index contributed by atoms with van der Waals surface area (Å²) in [6.07, 6.45) is -0.872. The molecule has 11 heteroatoms. The summed E-state index contributed by atoms with van der Waals surface area (Å²) in [6.45, 7) is 1.03. The van der Waals surface area contributed by atoms with Crippen LogP contribution in [0.3, 0.4) is 0 Å². The number of rotatable bonds is 7. The lowest BCUT2D eigenvalue weighted by molar-refractivity contribution is -0.115. The van der Waals surface area contributed by atoms with Crippen molar-refractivity contribution in [1.82, 2.24) is 5.32 Å². The minimum Gasteiger partial charge on any atom is -0.394 e. The van der Waals surface area contributed by atoms with Crippen molar-refractivity contribution in [1.29, 1.82) is 0 Å². The van der Waals surface area contributed by atoms with E-state index in [1.165, 1.54) is 0 Å². The summed E-state index contributed by atoms with van der Waals surface area (Å²) in [5, 5.41) is 22.6. The third-order valence-corrected chi connectivity index (χ3v) is 6.46. The fraction of sp³-hybridized carbons (Fsp3) is 0.357. The number of benzene rings is 1. The predicted octanol–water partition coefficient (Wildman–Crippen LogP) is 2.31. The topological polar surface area (TPSA) is 116 Å². The van der Waals surface area contributed by atoms with E-state index in [1.54, 1.807) is 6.92 Å². The molecule has 2 amide bonds. The molecule has 138 valence electrons. The summed E-state index contributed by atoms with van der Waals surface area (Å²) in [6, 6.07) is 0. The smallest absolute Gasteiger partial charge is 0.254 e. The molecule has 0 fully saturated rings. The molecule has 0 spiro atoms. The summed E-state index contributed by atoms with van der Waals surface area (Å²) in [4.78, 5) is 36.1. The lowest BCUT2D eigenvalue weighted by Gasteiger charge is -2.18. The van der Waals surface area contributed by atoms with Gasteiger partial charge < -0.3 is 20.8 Å². The molecule has 0 aliphatic heterocycles. The Labute approximate surface area is 190 Å². The standard InChI is InChI=1S/C14H14ClI3N2O5/c1-2-6(23)20-12-10(17)7(13(15)24)9(16)8(11(12)18)14(25)19-3-5(22)4-21/h5,21-22H,2-4H2,1H3,(H,19,25)(H,20,23). The quantitative estimate of drug-likeness (QED) is 0.257. The van der Waals surface area contributed by atoms with Gasteiger partial charge in [0, 0.05) is 16.5 Å². The van der Waals surface area contributed by atoms with Crippen LogP contribution in [0.1, 0.15) is 34.1 Å². The molecule has 0 aromatic heterocycles. The van der Waals surface area contributed by atoms with Crippen molar-refractivity contribution in [2.45, 2.75) is 19.4 Å². The van der Waals surface area contributed by atoms with Crippen LogP contribution in [0.4, 0.5) is 5.69 Å². The largest absolute Gasteiger partial charge is 0.394 e. The van der Waals surface area contributed by atoms with Crippen molar-refractivity contribution in [2.75, 3.05) is 18.5 Å². The molecule has 25 heavy (non-hydrogen) atoms. The van der Waals surface area contributed by atoms with E-state index in [1.807, 2.05) is 67.8 Å². The van der Waals surface area contributed by atoms with Crippen molar-refractivity contribution in [2.24, 2.45) is 0 Å². The van der Waals surface area contributed by atoms with Crippen LogP contribution in [0.5, 0.6) is 0 Å². The Bertz CT molecular complexity index is 714. The lowest BCUT2D eigenvalue weighted by atomic mass is 10.1. The van der Waals surface area contributed by atoms with Gasteiger partial charge in [-0.05, 0) is 79.4 Å². The van der Waals surface area contributed by atoms with Crippen LogP contribution < -0.4 is 10.6 Å². The van der Waals surface area contributed by atoms with E-state index in [-0.39, 0.29) is 30.0 Å². The van der Waals surface area contributed by atoms with E-state index in [9.17, 15) is 19.5 Å². The van der Waals surface area contributed by atoms with Crippen LogP contribution in [0.25, 0.3) is 0 Å². The summed E-state index contributed by atoms with van der Waals surface area (Å²) in [7, 11) is 0. The highest BCUT2D eigenvalue weighted by Gasteiger charge is 2.27. The highest BCUT2D eigenvalue weighted by Crippen LogP contribution is 2.36. The monoisotopic (exact) mass is 706 g/mol. The maximum Gasteiger partial charge on any atom is 0.254 e. The molecule has 7 nitrogen and oxygen atoms in total. The molecule has 0 aliphatic rings. The van der Waals surface area contributed by atoms with Gasteiger partial charge in [-0.3, -0.25) is 14.4 Å². The molecular weight excluding hydrogens is 692 g/mol. The van der Waals surface area contributed by atoms with Crippen molar-refractivity contribution >= 4 is 102 Å². The van der Waals surface area contributed by atoms with Crippen LogP contribution in [0.2, 0.25) is 0 Å². The van der Waals surface area contributed by atoms with Crippen LogP contribution >= 0.6 is 79.4 Å². The average Bonchev–Trinajstić information content (AvgIpc) is 2.55. The second-order valence-corrected chi connectivity index (χ2v) is 8.37. The van der Waals surface area contributed by atoms with Gasteiger partial charge in [-0.25, -0.2) is 0 Å². The maximum atomic E-state index is 12.5. The minimum absolute atomic E-state index is 0.127. The summed E-state index contributed by atoms with van der Waals surface area (Å²) in [5.41, 5.74) is 0.634. The number of anilines is 1. The van der Waals surface area contributed by atoms with Gasteiger partial charge in [0.1, 0.15) is 0 Å². The van der Waals surface area contributed by atoms with Gasteiger partial charge in [0.05, 0.1) is 36.7 Å².